The molecular formula is C23H24ClN3O3S. The number of carbonyl (C=O) groups is 1. The average Bonchev–Trinajstić information content (AvgIpc) is 3.23. The molecule has 2 aromatic carbocycles. The normalized spacial score (nSPS) is 18.6. The van der Waals surface area contributed by atoms with Gasteiger partial charge < -0.3 is 19.7 Å². The molecule has 162 valence electrons. The number of carbonyl (C=O) groups excluding carboxylic acids is 1. The molecule has 0 aliphatic carbocycles. The molecule has 31 heavy (non-hydrogen) atoms. The van der Waals surface area contributed by atoms with Gasteiger partial charge in [-0.3, -0.25) is 4.79 Å². The molecule has 1 amide bonds. The summed E-state index contributed by atoms with van der Waals surface area (Å²) < 4.78 is 11.3. The maximum atomic E-state index is 12.3. The number of ether oxygens (including phenoxy) is 2. The van der Waals surface area contributed by atoms with Crippen molar-refractivity contribution in [2.45, 2.75) is 26.1 Å². The molecule has 8 heteroatoms. The van der Waals surface area contributed by atoms with Gasteiger partial charge in [0.25, 0.3) is 5.91 Å². The number of benzene rings is 2. The van der Waals surface area contributed by atoms with Gasteiger partial charge in [-0.05, 0) is 50.2 Å². The summed E-state index contributed by atoms with van der Waals surface area (Å²) in [4.78, 5) is 19.4. The molecule has 3 aromatic rings. The summed E-state index contributed by atoms with van der Waals surface area (Å²) in [5, 5.41) is 6.53. The van der Waals surface area contributed by atoms with Crippen LogP contribution in [0.2, 0.25) is 5.02 Å². The Morgan fingerprint density at radius 2 is 1.97 bits per heavy atom. The van der Waals surface area contributed by atoms with Crippen LogP contribution in [0.4, 0.5) is 10.8 Å². The Morgan fingerprint density at radius 3 is 2.71 bits per heavy atom. The number of aromatic nitrogens is 1. The predicted molar refractivity (Wildman–Crippen MR) is 125 cm³/mol. The van der Waals surface area contributed by atoms with E-state index in [1.807, 2.05) is 29.6 Å². The summed E-state index contributed by atoms with van der Waals surface area (Å²) in [5.74, 6) is 0.359. The summed E-state index contributed by atoms with van der Waals surface area (Å²) >= 11 is 7.48. The largest absolute Gasteiger partial charge is 0.484 e. The molecule has 2 heterocycles. The van der Waals surface area contributed by atoms with E-state index in [2.05, 4.69) is 24.1 Å². The summed E-state index contributed by atoms with van der Waals surface area (Å²) in [6, 6.07) is 14.6. The Morgan fingerprint density at radius 1 is 1.23 bits per heavy atom. The van der Waals surface area contributed by atoms with E-state index in [0.717, 1.165) is 29.5 Å². The molecule has 6 nitrogen and oxygen atoms in total. The lowest BCUT2D eigenvalue weighted by Crippen LogP contribution is -2.45. The molecule has 1 aliphatic heterocycles. The highest BCUT2D eigenvalue weighted by atomic mass is 35.5. The van der Waals surface area contributed by atoms with Crippen molar-refractivity contribution < 1.29 is 14.3 Å². The van der Waals surface area contributed by atoms with E-state index in [1.54, 1.807) is 35.6 Å². The van der Waals surface area contributed by atoms with Gasteiger partial charge in [0, 0.05) is 34.7 Å². The van der Waals surface area contributed by atoms with Gasteiger partial charge in [0.05, 0.1) is 17.9 Å². The lowest BCUT2D eigenvalue weighted by molar-refractivity contribution is -0.118. The Labute approximate surface area is 190 Å². The van der Waals surface area contributed by atoms with E-state index in [-0.39, 0.29) is 24.7 Å². The third-order valence-corrected chi connectivity index (χ3v) is 5.96. The summed E-state index contributed by atoms with van der Waals surface area (Å²) in [5.41, 5.74) is 2.54. The van der Waals surface area contributed by atoms with Gasteiger partial charge >= 0.3 is 0 Å². The molecule has 0 saturated carbocycles. The van der Waals surface area contributed by atoms with Crippen LogP contribution in [0.15, 0.2) is 53.9 Å². The Hall–Kier alpha value is -2.61. The van der Waals surface area contributed by atoms with Gasteiger partial charge in [-0.25, -0.2) is 4.98 Å². The third kappa shape index (κ3) is 5.76. The maximum Gasteiger partial charge on any atom is 0.262 e. The molecule has 2 atom stereocenters. The zero-order chi connectivity index (χ0) is 21.8. The fourth-order valence-electron chi connectivity index (χ4n) is 3.51. The fraction of sp³-hybridized carbons (Fsp3) is 0.304. The smallest absolute Gasteiger partial charge is 0.262 e. The second-order valence-corrected chi connectivity index (χ2v) is 8.82. The summed E-state index contributed by atoms with van der Waals surface area (Å²) in [7, 11) is 0. The van der Waals surface area contributed by atoms with Gasteiger partial charge in [0.2, 0.25) is 0 Å². The number of amides is 1. The summed E-state index contributed by atoms with van der Waals surface area (Å²) in [6.45, 7) is 5.75. The molecule has 1 N–H and O–H groups in total. The number of nitrogens with zero attached hydrogens (tertiary/aromatic N) is 2. The SMILES string of the molecule is CC1CN(c2nc(-c3cccc(NC(=O)COc4ccc(Cl)cc4)c3)cs2)CC(C)O1. The molecule has 2 unspecified atom stereocenters. The highest BCUT2D eigenvalue weighted by Crippen LogP contribution is 2.30. The van der Waals surface area contributed by atoms with E-state index in [9.17, 15) is 4.79 Å². The first kappa shape index (κ1) is 21.6. The van der Waals surface area contributed by atoms with Gasteiger partial charge in [-0.1, -0.05) is 23.7 Å². The minimum Gasteiger partial charge on any atom is -0.484 e. The molecule has 1 fully saturated rings. The van der Waals surface area contributed by atoms with Crippen molar-refractivity contribution in [1.29, 1.82) is 0 Å². The molecule has 1 saturated heterocycles. The first-order chi connectivity index (χ1) is 15.0. The zero-order valence-corrected chi connectivity index (χ0v) is 18.9. The summed E-state index contributed by atoms with van der Waals surface area (Å²) in [6.07, 6.45) is 0.370. The van der Waals surface area contributed by atoms with Crippen molar-refractivity contribution in [1.82, 2.24) is 4.98 Å². The molecule has 1 aliphatic rings. The minimum atomic E-state index is -0.234. The average molecular weight is 458 g/mol. The van der Waals surface area contributed by atoms with Crippen molar-refractivity contribution in [2.24, 2.45) is 0 Å². The quantitative estimate of drug-likeness (QED) is 0.558. The number of halogens is 1. The second kappa shape index (κ2) is 9.68. The standard InChI is InChI=1S/C23H24ClN3O3S/c1-15-11-27(12-16(2)30-15)23-26-21(14-31-23)17-4-3-5-19(10-17)25-22(28)13-29-20-8-6-18(24)7-9-20/h3-10,14-16H,11-13H2,1-2H3,(H,25,28). The first-order valence-corrected chi connectivity index (χ1v) is 11.4. The number of hydrogen-bond donors (Lipinski definition) is 1. The van der Waals surface area contributed by atoms with Crippen molar-refractivity contribution in [2.75, 3.05) is 29.9 Å². The molecule has 1 aromatic heterocycles. The van der Waals surface area contributed by atoms with E-state index >= 15 is 0 Å². The molecule has 0 spiro atoms. The zero-order valence-electron chi connectivity index (χ0n) is 17.4. The highest BCUT2D eigenvalue weighted by Gasteiger charge is 2.24. The van der Waals surface area contributed by atoms with Crippen LogP contribution in [0.3, 0.4) is 0 Å². The molecule has 4 rings (SSSR count). The van der Waals surface area contributed by atoms with E-state index in [0.29, 0.717) is 16.5 Å². The van der Waals surface area contributed by atoms with Crippen molar-refractivity contribution >= 4 is 39.7 Å². The number of anilines is 2. The van der Waals surface area contributed by atoms with Gasteiger partial charge in [0.15, 0.2) is 11.7 Å². The third-order valence-electron chi connectivity index (χ3n) is 4.81. The fourth-order valence-corrected chi connectivity index (χ4v) is 4.49. The van der Waals surface area contributed by atoms with E-state index in [4.69, 9.17) is 26.1 Å². The van der Waals surface area contributed by atoms with E-state index in [1.165, 1.54) is 0 Å². The topological polar surface area (TPSA) is 63.7 Å². The highest BCUT2D eigenvalue weighted by molar-refractivity contribution is 7.14. The number of nitrogens with one attached hydrogen (secondary N) is 1. The number of rotatable bonds is 6. The van der Waals surface area contributed by atoms with Crippen LogP contribution in [0, 0.1) is 0 Å². The van der Waals surface area contributed by atoms with Gasteiger partial charge in [-0.15, -0.1) is 11.3 Å². The minimum absolute atomic E-state index is 0.0832. The maximum absolute atomic E-state index is 12.3. The first-order valence-electron chi connectivity index (χ1n) is 10.1. The van der Waals surface area contributed by atoms with Crippen LogP contribution < -0.4 is 15.0 Å². The van der Waals surface area contributed by atoms with Gasteiger partial charge in [0.1, 0.15) is 5.75 Å². The van der Waals surface area contributed by atoms with Crippen LogP contribution in [0.5, 0.6) is 5.75 Å². The Kier molecular flexibility index (Phi) is 6.75. The van der Waals surface area contributed by atoms with Crippen molar-refractivity contribution in [3.8, 4) is 17.0 Å². The van der Waals surface area contributed by atoms with Crippen LogP contribution in [0.25, 0.3) is 11.3 Å². The Balaban J connectivity index is 1.38. The number of hydrogen-bond acceptors (Lipinski definition) is 6. The molecular weight excluding hydrogens is 434 g/mol. The van der Waals surface area contributed by atoms with Gasteiger partial charge in [-0.2, -0.15) is 0 Å². The predicted octanol–water partition coefficient (Wildman–Crippen LogP) is 5.09. The molecule has 0 radical (unpaired) electrons. The van der Waals surface area contributed by atoms with Crippen LogP contribution in [-0.2, 0) is 9.53 Å². The Bertz CT molecular complexity index is 1030. The number of thiazole rings is 1. The monoisotopic (exact) mass is 457 g/mol. The molecule has 0 bridgehead atoms. The van der Waals surface area contributed by atoms with Crippen molar-refractivity contribution in [3.05, 3.63) is 58.9 Å². The lowest BCUT2D eigenvalue weighted by Gasteiger charge is -2.35. The second-order valence-electron chi connectivity index (χ2n) is 7.55. The van der Waals surface area contributed by atoms with Crippen LogP contribution in [0.1, 0.15) is 13.8 Å². The lowest BCUT2D eigenvalue weighted by atomic mass is 10.1. The van der Waals surface area contributed by atoms with Crippen LogP contribution >= 0.6 is 22.9 Å². The van der Waals surface area contributed by atoms with Crippen molar-refractivity contribution in [3.63, 3.8) is 0 Å². The number of morpholine rings is 1. The van der Waals surface area contributed by atoms with E-state index < -0.39 is 0 Å². The van der Waals surface area contributed by atoms with Crippen LogP contribution in [-0.4, -0.2) is 42.8 Å².